The Balaban J connectivity index is 1.48. The zero-order valence-corrected chi connectivity index (χ0v) is 17.7. The number of benzene rings is 1. The van der Waals surface area contributed by atoms with Crippen LogP contribution < -0.4 is 4.72 Å². The summed E-state index contributed by atoms with van der Waals surface area (Å²) >= 11 is 0. The molecule has 1 spiro atoms. The quantitative estimate of drug-likeness (QED) is 0.803. The van der Waals surface area contributed by atoms with Crippen LogP contribution in [0.25, 0.3) is 0 Å². The molecule has 1 aromatic rings. The first kappa shape index (κ1) is 21.2. The van der Waals surface area contributed by atoms with E-state index >= 15 is 0 Å². The standard InChI is InChI=1S/C20H30N2O5S/c1-19(2,3)16-4-6-17(7-5-16)28(24,25)21-11-8-18(23)22-12-9-20(10-13-22)26-14-15-27-20/h4-7,21H,8-15H2,1-3H3. The van der Waals surface area contributed by atoms with Crippen LogP contribution in [0.15, 0.2) is 29.2 Å². The van der Waals surface area contributed by atoms with Gasteiger partial charge in [0.2, 0.25) is 15.9 Å². The summed E-state index contributed by atoms with van der Waals surface area (Å²) in [7, 11) is -3.63. The van der Waals surface area contributed by atoms with Crippen LogP contribution in [0, 0.1) is 0 Å². The van der Waals surface area contributed by atoms with Crippen LogP contribution >= 0.6 is 0 Å². The summed E-state index contributed by atoms with van der Waals surface area (Å²) in [5, 5.41) is 0. The highest BCUT2D eigenvalue weighted by atomic mass is 32.2. The molecule has 8 heteroatoms. The van der Waals surface area contributed by atoms with Crippen LogP contribution in [-0.4, -0.2) is 57.9 Å². The monoisotopic (exact) mass is 410 g/mol. The van der Waals surface area contributed by atoms with Gasteiger partial charge < -0.3 is 14.4 Å². The largest absolute Gasteiger partial charge is 0.347 e. The van der Waals surface area contributed by atoms with Crippen molar-refractivity contribution in [1.82, 2.24) is 9.62 Å². The molecular formula is C20H30N2O5S. The molecule has 156 valence electrons. The fraction of sp³-hybridized carbons (Fsp3) is 0.650. The lowest BCUT2D eigenvalue weighted by molar-refractivity contribution is -0.187. The van der Waals surface area contributed by atoms with E-state index in [1.54, 1.807) is 17.0 Å². The van der Waals surface area contributed by atoms with Gasteiger partial charge in [0.1, 0.15) is 0 Å². The number of piperidine rings is 1. The molecule has 0 aliphatic carbocycles. The third-order valence-electron chi connectivity index (χ3n) is 5.35. The van der Waals surface area contributed by atoms with Crippen LogP contribution in [0.5, 0.6) is 0 Å². The topological polar surface area (TPSA) is 84.9 Å². The van der Waals surface area contributed by atoms with Crippen LogP contribution in [-0.2, 0) is 29.7 Å². The Labute approximate surface area is 167 Å². The Morgan fingerprint density at radius 2 is 1.68 bits per heavy atom. The first-order valence-electron chi connectivity index (χ1n) is 9.77. The Morgan fingerprint density at radius 1 is 1.11 bits per heavy atom. The van der Waals surface area contributed by atoms with Gasteiger partial charge in [0, 0.05) is 38.9 Å². The summed E-state index contributed by atoms with van der Waals surface area (Å²) in [5.41, 5.74) is 1.03. The molecule has 0 saturated carbocycles. The number of likely N-dealkylation sites (tertiary alicyclic amines) is 1. The molecule has 0 radical (unpaired) electrons. The third kappa shape index (κ3) is 4.92. The maximum Gasteiger partial charge on any atom is 0.240 e. The molecule has 0 bridgehead atoms. The second kappa shape index (κ2) is 8.10. The molecule has 2 heterocycles. The van der Waals surface area contributed by atoms with Crippen molar-refractivity contribution < 1.29 is 22.7 Å². The lowest BCUT2D eigenvalue weighted by atomic mass is 9.87. The second-order valence-corrected chi connectivity index (χ2v) is 10.2. The van der Waals surface area contributed by atoms with Gasteiger partial charge in [-0.3, -0.25) is 4.79 Å². The smallest absolute Gasteiger partial charge is 0.240 e. The number of carbonyl (C=O) groups is 1. The van der Waals surface area contributed by atoms with Gasteiger partial charge in [-0.2, -0.15) is 0 Å². The molecule has 2 aliphatic rings. The van der Waals surface area contributed by atoms with Crippen LogP contribution in [0.4, 0.5) is 0 Å². The summed E-state index contributed by atoms with van der Waals surface area (Å²) in [6, 6.07) is 6.87. The number of nitrogens with zero attached hydrogens (tertiary/aromatic N) is 1. The van der Waals surface area contributed by atoms with E-state index in [0.717, 1.165) is 5.56 Å². The molecule has 7 nitrogen and oxygen atoms in total. The molecule has 1 N–H and O–H groups in total. The molecule has 1 amide bonds. The lowest BCUT2D eigenvalue weighted by Crippen LogP contribution is -2.47. The maximum absolute atomic E-state index is 12.5. The minimum Gasteiger partial charge on any atom is -0.347 e. The average molecular weight is 411 g/mol. The molecule has 0 aromatic heterocycles. The SMILES string of the molecule is CC(C)(C)c1ccc(S(=O)(=O)NCCC(=O)N2CCC3(CC2)OCCO3)cc1. The van der Waals surface area contributed by atoms with E-state index in [-0.39, 0.29) is 29.2 Å². The van der Waals surface area contributed by atoms with Crippen molar-refractivity contribution >= 4 is 15.9 Å². The third-order valence-corrected chi connectivity index (χ3v) is 6.83. The van der Waals surface area contributed by atoms with Gasteiger partial charge >= 0.3 is 0 Å². The molecule has 2 aliphatic heterocycles. The molecule has 0 atom stereocenters. The van der Waals surface area contributed by atoms with E-state index in [4.69, 9.17) is 9.47 Å². The van der Waals surface area contributed by atoms with Gasteiger partial charge in [-0.15, -0.1) is 0 Å². The summed E-state index contributed by atoms with van der Waals surface area (Å²) in [5.74, 6) is -0.573. The van der Waals surface area contributed by atoms with Crippen LogP contribution in [0.1, 0.15) is 45.6 Å². The van der Waals surface area contributed by atoms with Crippen molar-refractivity contribution in [2.45, 2.75) is 56.1 Å². The van der Waals surface area contributed by atoms with Gasteiger partial charge in [0.15, 0.2) is 5.79 Å². The van der Waals surface area contributed by atoms with Gasteiger partial charge in [0.05, 0.1) is 18.1 Å². The van der Waals surface area contributed by atoms with E-state index in [0.29, 0.717) is 39.1 Å². The average Bonchev–Trinajstić information content (AvgIpc) is 3.09. The predicted molar refractivity (Wildman–Crippen MR) is 105 cm³/mol. The Kier molecular flexibility index (Phi) is 6.14. The Bertz CT molecular complexity index is 783. The molecule has 28 heavy (non-hydrogen) atoms. The van der Waals surface area contributed by atoms with Gasteiger partial charge in [-0.1, -0.05) is 32.9 Å². The van der Waals surface area contributed by atoms with E-state index in [1.807, 2.05) is 12.1 Å². The van der Waals surface area contributed by atoms with Crippen molar-refractivity contribution in [3.63, 3.8) is 0 Å². The van der Waals surface area contributed by atoms with E-state index in [1.165, 1.54) is 0 Å². The number of carbonyl (C=O) groups excluding carboxylic acids is 1. The van der Waals surface area contributed by atoms with Crippen LogP contribution in [0.2, 0.25) is 0 Å². The number of ether oxygens (including phenoxy) is 2. The van der Waals surface area contributed by atoms with Gasteiger partial charge in [-0.05, 0) is 23.1 Å². The first-order chi connectivity index (χ1) is 13.1. The van der Waals surface area contributed by atoms with Crippen molar-refractivity contribution in [2.24, 2.45) is 0 Å². The molecule has 0 unspecified atom stereocenters. The lowest BCUT2D eigenvalue weighted by Gasteiger charge is -2.37. The van der Waals surface area contributed by atoms with Gasteiger partial charge in [-0.25, -0.2) is 13.1 Å². The number of rotatable bonds is 5. The number of amides is 1. The number of sulfonamides is 1. The molecule has 2 fully saturated rings. The summed E-state index contributed by atoms with van der Waals surface area (Å²) in [6.07, 6.45) is 1.45. The summed E-state index contributed by atoms with van der Waals surface area (Å²) < 4.78 is 38.8. The fourth-order valence-electron chi connectivity index (χ4n) is 3.55. The molecular weight excluding hydrogens is 380 g/mol. The maximum atomic E-state index is 12.5. The molecule has 1 aromatic carbocycles. The van der Waals surface area contributed by atoms with Gasteiger partial charge in [0.25, 0.3) is 0 Å². The fourth-order valence-corrected chi connectivity index (χ4v) is 4.58. The molecule has 3 rings (SSSR count). The zero-order chi connectivity index (χ0) is 20.4. The summed E-state index contributed by atoms with van der Waals surface area (Å²) in [4.78, 5) is 14.4. The highest BCUT2D eigenvalue weighted by Crippen LogP contribution is 2.31. The Hall–Kier alpha value is -1.48. The second-order valence-electron chi connectivity index (χ2n) is 8.41. The van der Waals surface area contributed by atoms with Crippen LogP contribution in [0.3, 0.4) is 0 Å². The van der Waals surface area contributed by atoms with Crippen molar-refractivity contribution in [1.29, 1.82) is 0 Å². The number of nitrogens with one attached hydrogen (secondary N) is 1. The first-order valence-corrected chi connectivity index (χ1v) is 11.3. The minimum absolute atomic E-state index is 0.0380. The van der Waals surface area contributed by atoms with E-state index < -0.39 is 15.8 Å². The zero-order valence-electron chi connectivity index (χ0n) is 16.9. The normalized spacial score (nSPS) is 19.9. The van der Waals surface area contributed by atoms with Crippen molar-refractivity contribution in [2.75, 3.05) is 32.8 Å². The number of hydrogen-bond donors (Lipinski definition) is 1. The molecule has 2 saturated heterocycles. The summed E-state index contributed by atoms with van der Waals surface area (Å²) in [6.45, 7) is 8.66. The highest BCUT2D eigenvalue weighted by Gasteiger charge is 2.40. The predicted octanol–water partition coefficient (Wildman–Crippen LogP) is 2.02. The van der Waals surface area contributed by atoms with Crippen molar-refractivity contribution in [3.8, 4) is 0 Å². The number of hydrogen-bond acceptors (Lipinski definition) is 5. The van der Waals surface area contributed by atoms with Crippen molar-refractivity contribution in [3.05, 3.63) is 29.8 Å². The van der Waals surface area contributed by atoms with E-state index in [2.05, 4.69) is 25.5 Å². The minimum atomic E-state index is -3.63. The highest BCUT2D eigenvalue weighted by molar-refractivity contribution is 7.89. The van der Waals surface area contributed by atoms with E-state index in [9.17, 15) is 13.2 Å². The Morgan fingerprint density at radius 3 is 2.21 bits per heavy atom.